The lowest BCUT2D eigenvalue weighted by atomic mass is 10.2. The van der Waals surface area contributed by atoms with Gasteiger partial charge in [-0.15, -0.1) is 0 Å². The van der Waals surface area contributed by atoms with Crippen LogP contribution in [0.1, 0.15) is 15.9 Å². The highest BCUT2D eigenvalue weighted by Gasteiger charge is 2.22. The highest BCUT2D eigenvalue weighted by molar-refractivity contribution is 7.92. The third-order valence-electron chi connectivity index (χ3n) is 3.32. The van der Waals surface area contributed by atoms with Gasteiger partial charge in [0, 0.05) is 12.1 Å². The molecule has 10 heteroatoms. The van der Waals surface area contributed by atoms with E-state index in [1.807, 2.05) is 0 Å². The van der Waals surface area contributed by atoms with Crippen LogP contribution in [0.4, 0.5) is 11.4 Å². The number of halogens is 1. The number of esters is 1. The van der Waals surface area contributed by atoms with Crippen LogP contribution < -0.4 is 4.72 Å². The van der Waals surface area contributed by atoms with Crippen LogP contribution in [0.2, 0.25) is 5.02 Å². The van der Waals surface area contributed by atoms with Crippen LogP contribution in [0.15, 0.2) is 41.3 Å². The smallest absolute Gasteiger partial charge is 0.337 e. The Bertz CT molecular complexity index is 958. The van der Waals surface area contributed by atoms with Gasteiger partial charge in [0.05, 0.1) is 28.3 Å². The minimum Gasteiger partial charge on any atom is -0.465 e. The first-order valence-corrected chi connectivity index (χ1v) is 8.67. The number of sulfonamides is 1. The molecule has 8 nitrogen and oxygen atoms in total. The third kappa shape index (κ3) is 4.06. The van der Waals surface area contributed by atoms with E-state index in [1.54, 1.807) is 6.92 Å². The Morgan fingerprint density at radius 1 is 1.24 bits per heavy atom. The van der Waals surface area contributed by atoms with Crippen LogP contribution in [0, 0.1) is 17.0 Å². The molecule has 0 aliphatic carbocycles. The van der Waals surface area contributed by atoms with E-state index >= 15 is 0 Å². The number of benzene rings is 2. The lowest BCUT2D eigenvalue weighted by molar-refractivity contribution is -0.384. The highest BCUT2D eigenvalue weighted by Crippen LogP contribution is 2.28. The van der Waals surface area contributed by atoms with Crippen LogP contribution in [0.5, 0.6) is 0 Å². The molecule has 0 atom stereocenters. The largest absolute Gasteiger partial charge is 0.465 e. The van der Waals surface area contributed by atoms with Crippen molar-refractivity contribution in [3.05, 3.63) is 62.7 Å². The maximum atomic E-state index is 12.6. The number of ether oxygens (including phenoxy) is 1. The molecule has 1 N–H and O–H groups in total. The number of nitro benzene ring substituents is 1. The number of nitro groups is 1. The van der Waals surface area contributed by atoms with E-state index in [2.05, 4.69) is 9.46 Å². The van der Waals surface area contributed by atoms with Crippen molar-refractivity contribution in [2.45, 2.75) is 11.8 Å². The molecular weight excluding hydrogens is 372 g/mol. The van der Waals surface area contributed by atoms with Gasteiger partial charge in [-0.1, -0.05) is 17.7 Å². The minimum atomic E-state index is -4.19. The number of carbonyl (C=O) groups excluding carboxylic acids is 1. The van der Waals surface area contributed by atoms with Crippen molar-refractivity contribution in [3.8, 4) is 0 Å². The summed E-state index contributed by atoms with van der Waals surface area (Å²) in [5.41, 5.74) is 0.254. The molecule has 2 rings (SSSR count). The first-order valence-electron chi connectivity index (χ1n) is 6.81. The summed E-state index contributed by atoms with van der Waals surface area (Å²) in [5.74, 6) is -0.723. The monoisotopic (exact) mass is 384 g/mol. The normalized spacial score (nSPS) is 11.0. The molecule has 0 bridgehead atoms. The molecule has 0 spiro atoms. The summed E-state index contributed by atoms with van der Waals surface area (Å²) in [7, 11) is -3.02. The van der Waals surface area contributed by atoms with Gasteiger partial charge >= 0.3 is 5.97 Å². The number of rotatable bonds is 5. The highest BCUT2D eigenvalue weighted by atomic mass is 35.5. The van der Waals surface area contributed by atoms with Crippen molar-refractivity contribution in [1.29, 1.82) is 0 Å². The standard InChI is InChI=1S/C15H13ClN2O6S/c1-9-3-5-11(18(20)21)8-13(9)17-25(22,23)14-7-10(15(19)24-2)4-6-12(14)16/h3-8,17H,1-2H3. The number of carbonyl (C=O) groups is 1. The molecule has 0 fully saturated rings. The van der Waals surface area contributed by atoms with Crippen molar-refractivity contribution >= 4 is 39.0 Å². The summed E-state index contributed by atoms with van der Waals surface area (Å²) in [5, 5.41) is 10.8. The average molecular weight is 385 g/mol. The van der Waals surface area contributed by atoms with Crippen molar-refractivity contribution in [1.82, 2.24) is 0 Å². The van der Waals surface area contributed by atoms with Crippen LogP contribution in [-0.4, -0.2) is 26.4 Å². The van der Waals surface area contributed by atoms with E-state index < -0.39 is 20.9 Å². The lowest BCUT2D eigenvalue weighted by Gasteiger charge is -2.12. The summed E-state index contributed by atoms with van der Waals surface area (Å²) in [6.45, 7) is 1.59. The van der Waals surface area contributed by atoms with Gasteiger partial charge in [-0.05, 0) is 30.7 Å². The fourth-order valence-corrected chi connectivity index (χ4v) is 3.64. The summed E-state index contributed by atoms with van der Waals surface area (Å²) < 4.78 is 32.0. The third-order valence-corrected chi connectivity index (χ3v) is 5.17. The average Bonchev–Trinajstić information content (AvgIpc) is 2.56. The topological polar surface area (TPSA) is 116 Å². The van der Waals surface area contributed by atoms with Gasteiger partial charge in [0.25, 0.3) is 15.7 Å². The molecule has 0 aliphatic heterocycles. The first kappa shape index (κ1) is 18.7. The molecule has 2 aromatic carbocycles. The Labute approximate surface area is 148 Å². The van der Waals surface area contributed by atoms with E-state index in [9.17, 15) is 23.3 Å². The van der Waals surface area contributed by atoms with Gasteiger partial charge in [0.15, 0.2) is 0 Å². The number of nitrogens with one attached hydrogen (secondary N) is 1. The van der Waals surface area contributed by atoms with E-state index in [-0.39, 0.29) is 26.9 Å². The Morgan fingerprint density at radius 2 is 1.92 bits per heavy atom. The Morgan fingerprint density at radius 3 is 2.52 bits per heavy atom. The van der Waals surface area contributed by atoms with Crippen LogP contribution in [0.3, 0.4) is 0 Å². The van der Waals surface area contributed by atoms with Crippen molar-refractivity contribution in [2.24, 2.45) is 0 Å². The van der Waals surface area contributed by atoms with Gasteiger partial charge in [0.1, 0.15) is 4.90 Å². The second kappa shape index (κ2) is 7.08. The van der Waals surface area contributed by atoms with Crippen molar-refractivity contribution in [2.75, 3.05) is 11.8 Å². The van der Waals surface area contributed by atoms with Gasteiger partial charge < -0.3 is 4.74 Å². The van der Waals surface area contributed by atoms with E-state index in [0.717, 1.165) is 19.2 Å². The number of nitrogens with zero attached hydrogens (tertiary/aromatic N) is 1. The zero-order chi connectivity index (χ0) is 18.8. The van der Waals surface area contributed by atoms with Crippen LogP contribution >= 0.6 is 11.6 Å². The summed E-state index contributed by atoms with van der Waals surface area (Å²) in [6, 6.07) is 7.43. The van der Waals surface area contributed by atoms with Gasteiger partial charge in [-0.2, -0.15) is 0 Å². The molecule has 132 valence electrons. The summed E-state index contributed by atoms with van der Waals surface area (Å²) in [4.78, 5) is 21.5. The van der Waals surface area contributed by atoms with Crippen molar-refractivity contribution < 1.29 is 22.9 Å². The number of aryl methyl sites for hydroxylation is 1. The molecule has 0 saturated heterocycles. The first-order chi connectivity index (χ1) is 11.7. The molecule has 0 radical (unpaired) electrons. The molecule has 0 saturated carbocycles. The molecule has 0 aromatic heterocycles. The van der Waals surface area contributed by atoms with Crippen LogP contribution in [0.25, 0.3) is 0 Å². The van der Waals surface area contributed by atoms with E-state index in [0.29, 0.717) is 5.56 Å². The molecule has 25 heavy (non-hydrogen) atoms. The van der Waals surface area contributed by atoms with Crippen LogP contribution in [-0.2, 0) is 14.8 Å². The molecule has 0 amide bonds. The molecule has 0 heterocycles. The number of hydrogen-bond donors (Lipinski definition) is 1. The molecular formula is C15H13ClN2O6S. The zero-order valence-corrected chi connectivity index (χ0v) is 14.7. The Hall–Kier alpha value is -2.65. The van der Waals surface area contributed by atoms with Gasteiger partial charge in [-0.3, -0.25) is 14.8 Å². The maximum Gasteiger partial charge on any atom is 0.337 e. The predicted octanol–water partition coefficient (Wildman–Crippen LogP) is 3.14. The maximum absolute atomic E-state index is 12.6. The molecule has 0 unspecified atom stereocenters. The second-order valence-electron chi connectivity index (χ2n) is 5.00. The predicted molar refractivity (Wildman–Crippen MR) is 91.4 cm³/mol. The summed E-state index contributed by atoms with van der Waals surface area (Å²) in [6.07, 6.45) is 0. The lowest BCUT2D eigenvalue weighted by Crippen LogP contribution is -2.15. The van der Waals surface area contributed by atoms with Crippen molar-refractivity contribution in [3.63, 3.8) is 0 Å². The Kier molecular flexibility index (Phi) is 5.29. The van der Waals surface area contributed by atoms with Gasteiger partial charge in [-0.25, -0.2) is 13.2 Å². The minimum absolute atomic E-state index is 0.00281. The number of non-ortho nitro benzene ring substituents is 1. The number of anilines is 1. The molecule has 2 aromatic rings. The number of hydrogen-bond acceptors (Lipinski definition) is 6. The number of methoxy groups -OCH3 is 1. The SMILES string of the molecule is COC(=O)c1ccc(Cl)c(S(=O)(=O)Nc2cc([N+](=O)[O-])ccc2C)c1. The van der Waals surface area contributed by atoms with E-state index in [1.165, 1.54) is 24.3 Å². The fraction of sp³-hybridized carbons (Fsp3) is 0.133. The zero-order valence-electron chi connectivity index (χ0n) is 13.1. The summed E-state index contributed by atoms with van der Waals surface area (Å²) >= 11 is 5.94. The van der Waals surface area contributed by atoms with E-state index in [4.69, 9.17) is 11.6 Å². The molecule has 0 aliphatic rings. The quantitative estimate of drug-likeness (QED) is 0.481. The second-order valence-corrected chi connectivity index (χ2v) is 7.06. The fourth-order valence-electron chi connectivity index (χ4n) is 1.99. The van der Waals surface area contributed by atoms with Gasteiger partial charge in [0.2, 0.25) is 0 Å². The Balaban J connectivity index is 2.48.